The first-order chi connectivity index (χ1) is 5.38. The first kappa shape index (κ1) is 6.23. The number of quaternary nitrogens is 1. The van der Waals surface area contributed by atoms with Gasteiger partial charge >= 0.3 is 0 Å². The van der Waals surface area contributed by atoms with Crippen LogP contribution in [0.3, 0.4) is 0 Å². The lowest BCUT2D eigenvalue weighted by atomic mass is 10.4. The SMILES string of the molecule is Cc1n[nH]nc1[NH+]1C=CN=C1. The van der Waals surface area contributed by atoms with Crippen LogP contribution >= 0.6 is 0 Å². The normalized spacial score (nSPS) is 21.4. The van der Waals surface area contributed by atoms with Crippen LogP contribution in [0.5, 0.6) is 0 Å². The van der Waals surface area contributed by atoms with E-state index in [1.165, 1.54) is 0 Å². The molecule has 1 atom stereocenters. The van der Waals surface area contributed by atoms with Gasteiger partial charge in [-0.25, -0.2) is 9.89 Å². The Bertz CT molecular complexity index is 299. The largest absolute Gasteiger partial charge is 0.278 e. The third-order valence-corrected chi connectivity index (χ3v) is 1.55. The maximum Gasteiger partial charge on any atom is 0.278 e. The van der Waals surface area contributed by atoms with Gasteiger partial charge in [0.1, 0.15) is 11.9 Å². The molecule has 2 N–H and O–H groups in total. The fraction of sp³-hybridized carbons (Fsp3) is 0.167. The molecule has 56 valence electrons. The summed E-state index contributed by atoms with van der Waals surface area (Å²) in [7, 11) is 0. The Labute approximate surface area is 63.4 Å². The van der Waals surface area contributed by atoms with E-state index in [2.05, 4.69) is 20.4 Å². The molecule has 0 amide bonds. The lowest BCUT2D eigenvalue weighted by molar-refractivity contribution is -0.658. The molecular weight excluding hydrogens is 142 g/mol. The van der Waals surface area contributed by atoms with Crippen molar-refractivity contribution >= 4 is 12.2 Å². The average molecular weight is 150 g/mol. The minimum Gasteiger partial charge on any atom is -0.213 e. The predicted molar refractivity (Wildman–Crippen MR) is 39.4 cm³/mol. The molecular formula is C6H8N5+. The van der Waals surface area contributed by atoms with Crippen molar-refractivity contribution in [2.24, 2.45) is 4.99 Å². The quantitative estimate of drug-likeness (QED) is 0.547. The van der Waals surface area contributed by atoms with Crippen molar-refractivity contribution in [3.63, 3.8) is 0 Å². The molecule has 0 fully saturated rings. The summed E-state index contributed by atoms with van der Waals surface area (Å²) < 4.78 is 0. The van der Waals surface area contributed by atoms with Crippen molar-refractivity contribution < 1.29 is 4.90 Å². The van der Waals surface area contributed by atoms with E-state index in [4.69, 9.17) is 0 Å². The van der Waals surface area contributed by atoms with E-state index in [0.29, 0.717) is 0 Å². The molecule has 2 heterocycles. The smallest absolute Gasteiger partial charge is 0.213 e. The van der Waals surface area contributed by atoms with Crippen LogP contribution in [0, 0.1) is 6.92 Å². The molecule has 0 saturated carbocycles. The summed E-state index contributed by atoms with van der Waals surface area (Å²) in [5, 5.41) is 10.4. The zero-order valence-electron chi connectivity index (χ0n) is 6.07. The molecule has 1 aliphatic rings. The summed E-state index contributed by atoms with van der Waals surface area (Å²) in [5.74, 6) is 0.877. The highest BCUT2D eigenvalue weighted by atomic mass is 15.4. The fourth-order valence-corrected chi connectivity index (χ4v) is 0.987. The molecule has 0 bridgehead atoms. The van der Waals surface area contributed by atoms with E-state index in [9.17, 15) is 0 Å². The zero-order valence-corrected chi connectivity index (χ0v) is 6.07. The van der Waals surface area contributed by atoms with Crippen molar-refractivity contribution in [3.8, 4) is 0 Å². The summed E-state index contributed by atoms with van der Waals surface area (Å²) in [4.78, 5) is 4.95. The highest BCUT2D eigenvalue weighted by Crippen LogP contribution is 1.98. The monoisotopic (exact) mass is 150 g/mol. The molecule has 5 nitrogen and oxygen atoms in total. The predicted octanol–water partition coefficient (Wildman–Crippen LogP) is -0.857. The van der Waals surface area contributed by atoms with Gasteiger partial charge in [-0.15, -0.1) is 0 Å². The van der Waals surface area contributed by atoms with E-state index in [0.717, 1.165) is 16.4 Å². The minimum absolute atomic E-state index is 0.877. The van der Waals surface area contributed by atoms with Crippen molar-refractivity contribution in [1.29, 1.82) is 0 Å². The molecule has 1 aromatic rings. The van der Waals surface area contributed by atoms with Gasteiger partial charge in [-0.05, 0) is 6.92 Å². The molecule has 0 radical (unpaired) electrons. The molecule has 0 aromatic carbocycles. The van der Waals surface area contributed by atoms with Crippen LogP contribution in [0.15, 0.2) is 17.4 Å². The molecule has 1 unspecified atom stereocenters. The summed E-state index contributed by atoms with van der Waals surface area (Å²) in [6.45, 7) is 1.91. The molecule has 0 spiro atoms. The van der Waals surface area contributed by atoms with Crippen LogP contribution in [-0.2, 0) is 0 Å². The van der Waals surface area contributed by atoms with Crippen LogP contribution < -0.4 is 4.90 Å². The summed E-state index contributed by atoms with van der Waals surface area (Å²) in [5.41, 5.74) is 0.901. The van der Waals surface area contributed by atoms with E-state index < -0.39 is 0 Å². The third kappa shape index (κ3) is 0.947. The summed E-state index contributed by atoms with van der Waals surface area (Å²) in [6.07, 6.45) is 5.42. The molecule has 5 heteroatoms. The molecule has 0 saturated heterocycles. The number of aliphatic imine (C=N–C) groups is 1. The van der Waals surface area contributed by atoms with Gasteiger partial charge in [0.2, 0.25) is 0 Å². The first-order valence-electron chi connectivity index (χ1n) is 3.32. The molecule has 0 aliphatic carbocycles. The lowest BCUT2D eigenvalue weighted by Gasteiger charge is -1.97. The maximum atomic E-state index is 3.98. The Morgan fingerprint density at radius 2 is 2.36 bits per heavy atom. The first-order valence-corrected chi connectivity index (χ1v) is 3.32. The number of rotatable bonds is 1. The van der Waals surface area contributed by atoms with Gasteiger partial charge in [0, 0.05) is 0 Å². The van der Waals surface area contributed by atoms with Gasteiger partial charge in [-0.3, -0.25) is 0 Å². The van der Waals surface area contributed by atoms with Gasteiger partial charge in [0.25, 0.3) is 5.82 Å². The second-order valence-electron chi connectivity index (χ2n) is 2.31. The number of hydrogen-bond donors (Lipinski definition) is 2. The minimum atomic E-state index is 0.877. The van der Waals surface area contributed by atoms with Crippen LogP contribution in [0.4, 0.5) is 5.82 Å². The Hall–Kier alpha value is -1.49. The number of nitrogens with zero attached hydrogens (tertiary/aromatic N) is 3. The van der Waals surface area contributed by atoms with Gasteiger partial charge < -0.3 is 0 Å². The Morgan fingerprint density at radius 1 is 1.45 bits per heavy atom. The highest BCUT2D eigenvalue weighted by Gasteiger charge is 2.16. The number of nitrogens with one attached hydrogen (secondary N) is 2. The molecule has 1 aromatic heterocycles. The third-order valence-electron chi connectivity index (χ3n) is 1.55. The summed E-state index contributed by atoms with van der Waals surface area (Å²) in [6, 6.07) is 0. The van der Waals surface area contributed by atoms with Crippen molar-refractivity contribution in [1.82, 2.24) is 15.4 Å². The van der Waals surface area contributed by atoms with Crippen molar-refractivity contribution in [2.75, 3.05) is 0 Å². The Kier molecular flexibility index (Phi) is 1.29. The topological polar surface area (TPSA) is 58.4 Å². The van der Waals surface area contributed by atoms with E-state index >= 15 is 0 Å². The van der Waals surface area contributed by atoms with Gasteiger partial charge in [-0.1, -0.05) is 5.10 Å². The van der Waals surface area contributed by atoms with Crippen molar-refractivity contribution in [3.05, 3.63) is 18.1 Å². The van der Waals surface area contributed by atoms with E-state index in [1.807, 2.05) is 13.1 Å². The number of aromatic nitrogens is 3. The van der Waals surface area contributed by atoms with Crippen LogP contribution in [0.2, 0.25) is 0 Å². The average Bonchev–Trinajstić information content (AvgIpc) is 2.55. The Balaban J connectivity index is 2.36. The van der Waals surface area contributed by atoms with Gasteiger partial charge in [0.05, 0.1) is 6.20 Å². The van der Waals surface area contributed by atoms with Gasteiger partial charge in [-0.2, -0.15) is 10.3 Å². The molecule has 2 rings (SSSR count). The highest BCUT2D eigenvalue weighted by molar-refractivity contribution is 5.52. The van der Waals surface area contributed by atoms with Crippen LogP contribution in [0.1, 0.15) is 5.69 Å². The van der Waals surface area contributed by atoms with Crippen LogP contribution in [-0.4, -0.2) is 21.7 Å². The number of H-pyrrole nitrogens is 1. The maximum absolute atomic E-state index is 3.98. The second kappa shape index (κ2) is 2.28. The molecule has 11 heavy (non-hydrogen) atoms. The Morgan fingerprint density at radius 3 is 2.91 bits per heavy atom. The van der Waals surface area contributed by atoms with Crippen molar-refractivity contribution in [2.45, 2.75) is 6.92 Å². The van der Waals surface area contributed by atoms with Crippen LogP contribution in [0.25, 0.3) is 0 Å². The van der Waals surface area contributed by atoms with E-state index in [1.54, 1.807) is 12.5 Å². The zero-order chi connectivity index (χ0) is 7.68. The number of aryl methyl sites for hydroxylation is 1. The molecule has 1 aliphatic heterocycles. The van der Waals surface area contributed by atoms with E-state index in [-0.39, 0.29) is 0 Å². The fourth-order valence-electron chi connectivity index (χ4n) is 0.987. The lowest BCUT2D eigenvalue weighted by Crippen LogP contribution is -3.00. The second-order valence-corrected chi connectivity index (χ2v) is 2.31. The standard InChI is InChI=1S/C6H7N5/c1-5-6(9-10-8-5)11-3-2-7-4-11/h2-4H,1H3,(H,8,9,10)/p+1. The number of hydrogen-bond acceptors (Lipinski definition) is 3. The number of aromatic amines is 1. The van der Waals surface area contributed by atoms with Gasteiger partial charge in [0.15, 0.2) is 6.34 Å². The summed E-state index contributed by atoms with van der Waals surface area (Å²) >= 11 is 0.